The maximum atomic E-state index is 11.6. The molecule has 0 bridgehead atoms. The number of unbranched alkanes of at least 4 members (excludes halogenated alkanes) is 2. The van der Waals surface area contributed by atoms with Crippen LogP contribution in [0.25, 0.3) is 0 Å². The van der Waals surface area contributed by atoms with Gasteiger partial charge in [-0.25, -0.2) is 4.79 Å². The van der Waals surface area contributed by atoms with Gasteiger partial charge in [0, 0.05) is 33.1 Å². The Morgan fingerprint density at radius 1 is 1.21 bits per heavy atom. The van der Waals surface area contributed by atoms with Gasteiger partial charge in [-0.15, -0.1) is 0 Å². The summed E-state index contributed by atoms with van der Waals surface area (Å²) < 4.78 is 2.41. The highest BCUT2D eigenvalue weighted by Crippen LogP contribution is 2.02. The minimum Gasteiger partial charge on any atom is -0.481 e. The largest absolute Gasteiger partial charge is 0.481 e. The van der Waals surface area contributed by atoms with Crippen molar-refractivity contribution in [3.05, 3.63) is 26.9 Å². The van der Waals surface area contributed by atoms with E-state index in [2.05, 4.69) is 5.32 Å². The molecule has 7 nitrogen and oxygen atoms in total. The molecular weight excluding hydrogens is 250 g/mol. The zero-order chi connectivity index (χ0) is 14.4. The van der Waals surface area contributed by atoms with Gasteiger partial charge in [0.1, 0.15) is 5.82 Å². The first-order valence-corrected chi connectivity index (χ1v) is 6.16. The van der Waals surface area contributed by atoms with Gasteiger partial charge in [0.25, 0.3) is 5.56 Å². The SMILES string of the molecule is Cn1c(NCCCCCC(=O)O)cc(=O)n(C)c1=O. The fourth-order valence-corrected chi connectivity index (χ4v) is 1.70. The van der Waals surface area contributed by atoms with Gasteiger partial charge >= 0.3 is 11.7 Å². The predicted octanol–water partition coefficient (Wildman–Crippen LogP) is 0.141. The molecule has 0 aliphatic rings. The Hall–Kier alpha value is -2.05. The van der Waals surface area contributed by atoms with E-state index in [1.165, 1.54) is 17.7 Å². The van der Waals surface area contributed by atoms with E-state index < -0.39 is 5.97 Å². The number of carbonyl (C=O) groups is 1. The molecule has 0 fully saturated rings. The lowest BCUT2D eigenvalue weighted by Gasteiger charge is -2.11. The standard InChI is InChI=1S/C12H19N3O4/c1-14-9(8-10(16)15(2)12(14)19)13-7-5-3-4-6-11(17)18/h8,13H,3-7H2,1-2H3,(H,17,18). The smallest absolute Gasteiger partial charge is 0.332 e. The first-order chi connectivity index (χ1) is 8.93. The molecule has 0 saturated carbocycles. The number of nitrogens with zero attached hydrogens (tertiary/aromatic N) is 2. The second-order valence-corrected chi connectivity index (χ2v) is 4.40. The van der Waals surface area contributed by atoms with E-state index in [-0.39, 0.29) is 17.7 Å². The summed E-state index contributed by atoms with van der Waals surface area (Å²) in [5, 5.41) is 11.5. The fraction of sp³-hybridized carbons (Fsp3) is 0.583. The van der Waals surface area contributed by atoms with Crippen LogP contribution in [-0.4, -0.2) is 26.8 Å². The Morgan fingerprint density at radius 2 is 1.89 bits per heavy atom. The molecule has 7 heteroatoms. The van der Waals surface area contributed by atoms with Crippen LogP contribution in [0, 0.1) is 0 Å². The van der Waals surface area contributed by atoms with Crippen LogP contribution >= 0.6 is 0 Å². The zero-order valence-corrected chi connectivity index (χ0v) is 11.2. The van der Waals surface area contributed by atoms with Crippen molar-refractivity contribution in [2.45, 2.75) is 25.7 Å². The molecule has 0 unspecified atom stereocenters. The van der Waals surface area contributed by atoms with Crippen molar-refractivity contribution in [3.63, 3.8) is 0 Å². The fourth-order valence-electron chi connectivity index (χ4n) is 1.70. The summed E-state index contributed by atoms with van der Waals surface area (Å²) in [7, 11) is 3.02. The summed E-state index contributed by atoms with van der Waals surface area (Å²) in [6.45, 7) is 0.597. The summed E-state index contributed by atoms with van der Waals surface area (Å²) in [6.07, 6.45) is 2.38. The lowest BCUT2D eigenvalue weighted by molar-refractivity contribution is -0.137. The number of anilines is 1. The molecule has 0 aromatic carbocycles. The Bertz CT molecular complexity index is 559. The van der Waals surface area contributed by atoms with E-state index in [0.29, 0.717) is 18.8 Å². The van der Waals surface area contributed by atoms with Crippen LogP contribution in [-0.2, 0) is 18.9 Å². The molecule has 1 aromatic rings. The van der Waals surface area contributed by atoms with Crippen LogP contribution in [0.2, 0.25) is 0 Å². The van der Waals surface area contributed by atoms with Crippen molar-refractivity contribution < 1.29 is 9.90 Å². The van der Waals surface area contributed by atoms with Crippen LogP contribution in [0.3, 0.4) is 0 Å². The van der Waals surface area contributed by atoms with Gasteiger partial charge < -0.3 is 10.4 Å². The summed E-state index contributed by atoms with van der Waals surface area (Å²) in [4.78, 5) is 33.4. The van der Waals surface area contributed by atoms with E-state index in [9.17, 15) is 14.4 Å². The highest BCUT2D eigenvalue weighted by molar-refractivity contribution is 5.66. The average molecular weight is 269 g/mol. The van der Waals surface area contributed by atoms with Crippen LogP contribution in [0.1, 0.15) is 25.7 Å². The summed E-state index contributed by atoms with van der Waals surface area (Å²) in [5.74, 6) is -0.312. The van der Waals surface area contributed by atoms with Gasteiger partial charge in [0.05, 0.1) is 0 Å². The molecule has 19 heavy (non-hydrogen) atoms. The highest BCUT2D eigenvalue weighted by Gasteiger charge is 2.04. The normalized spacial score (nSPS) is 10.4. The summed E-state index contributed by atoms with van der Waals surface area (Å²) >= 11 is 0. The number of nitrogens with one attached hydrogen (secondary N) is 1. The van der Waals surface area contributed by atoms with Crippen molar-refractivity contribution in [2.75, 3.05) is 11.9 Å². The minimum atomic E-state index is -0.790. The molecule has 0 aliphatic carbocycles. The third-order valence-corrected chi connectivity index (χ3v) is 2.90. The molecule has 0 radical (unpaired) electrons. The van der Waals surface area contributed by atoms with E-state index >= 15 is 0 Å². The Labute approximate surface area is 110 Å². The van der Waals surface area contributed by atoms with Gasteiger partial charge in [-0.1, -0.05) is 6.42 Å². The first kappa shape index (κ1) is 15.0. The van der Waals surface area contributed by atoms with E-state index in [0.717, 1.165) is 17.4 Å². The predicted molar refractivity (Wildman–Crippen MR) is 71.5 cm³/mol. The number of hydrogen-bond donors (Lipinski definition) is 2. The Balaban J connectivity index is 2.49. The average Bonchev–Trinajstić information content (AvgIpc) is 2.36. The van der Waals surface area contributed by atoms with Gasteiger partial charge in [0.2, 0.25) is 0 Å². The molecule has 0 atom stereocenters. The third-order valence-electron chi connectivity index (χ3n) is 2.90. The van der Waals surface area contributed by atoms with Gasteiger partial charge in [0.15, 0.2) is 0 Å². The number of rotatable bonds is 7. The molecule has 0 saturated heterocycles. The maximum Gasteiger partial charge on any atom is 0.332 e. The maximum absolute atomic E-state index is 11.6. The summed E-state index contributed by atoms with van der Waals surface area (Å²) in [6, 6.07) is 1.37. The van der Waals surface area contributed by atoms with Crippen molar-refractivity contribution >= 4 is 11.8 Å². The second-order valence-electron chi connectivity index (χ2n) is 4.40. The number of aliphatic carboxylic acids is 1. The van der Waals surface area contributed by atoms with Crippen LogP contribution in [0.5, 0.6) is 0 Å². The number of aromatic nitrogens is 2. The lowest BCUT2D eigenvalue weighted by atomic mass is 10.2. The molecule has 0 amide bonds. The van der Waals surface area contributed by atoms with Crippen molar-refractivity contribution in [3.8, 4) is 0 Å². The molecule has 1 rings (SSSR count). The summed E-state index contributed by atoms with van der Waals surface area (Å²) in [5.41, 5.74) is -0.725. The van der Waals surface area contributed by atoms with Crippen molar-refractivity contribution in [1.82, 2.24) is 9.13 Å². The topological polar surface area (TPSA) is 93.3 Å². The minimum absolute atomic E-state index is 0.171. The molecule has 0 aliphatic heterocycles. The van der Waals surface area contributed by atoms with Crippen molar-refractivity contribution in [2.24, 2.45) is 14.1 Å². The van der Waals surface area contributed by atoms with Crippen LogP contribution in [0.4, 0.5) is 5.82 Å². The zero-order valence-electron chi connectivity index (χ0n) is 11.2. The second kappa shape index (κ2) is 6.77. The third kappa shape index (κ3) is 4.27. The van der Waals surface area contributed by atoms with Crippen LogP contribution < -0.4 is 16.6 Å². The quantitative estimate of drug-likeness (QED) is 0.687. The van der Waals surface area contributed by atoms with Gasteiger partial charge in [-0.05, 0) is 12.8 Å². The van der Waals surface area contributed by atoms with Crippen LogP contribution in [0.15, 0.2) is 15.7 Å². The number of carboxylic acid groups (broad SMARTS) is 1. The van der Waals surface area contributed by atoms with E-state index in [1.54, 1.807) is 7.05 Å². The molecule has 0 spiro atoms. The Morgan fingerprint density at radius 3 is 2.53 bits per heavy atom. The highest BCUT2D eigenvalue weighted by atomic mass is 16.4. The molecular formula is C12H19N3O4. The number of hydrogen-bond acceptors (Lipinski definition) is 4. The molecule has 2 N–H and O–H groups in total. The molecule has 106 valence electrons. The van der Waals surface area contributed by atoms with E-state index in [1.807, 2.05) is 0 Å². The monoisotopic (exact) mass is 269 g/mol. The molecule has 1 aromatic heterocycles. The number of carboxylic acids is 1. The molecule has 1 heterocycles. The lowest BCUT2D eigenvalue weighted by Crippen LogP contribution is -2.37. The Kier molecular flexibility index (Phi) is 5.35. The van der Waals surface area contributed by atoms with E-state index in [4.69, 9.17) is 5.11 Å². The van der Waals surface area contributed by atoms with Gasteiger partial charge in [-0.3, -0.25) is 18.7 Å². The van der Waals surface area contributed by atoms with Crippen molar-refractivity contribution in [1.29, 1.82) is 0 Å². The van der Waals surface area contributed by atoms with Gasteiger partial charge in [-0.2, -0.15) is 0 Å². The first-order valence-electron chi connectivity index (χ1n) is 6.16.